The van der Waals surface area contributed by atoms with Crippen LogP contribution in [0.1, 0.15) is 29.7 Å². The number of anilines is 2. The molecular weight excluding hydrogens is 424 g/mol. The number of amides is 1. The summed E-state index contributed by atoms with van der Waals surface area (Å²) in [7, 11) is 4.62. The number of aryl methyl sites for hydroxylation is 2. The van der Waals surface area contributed by atoms with Crippen LogP contribution < -0.4 is 24.8 Å². The van der Waals surface area contributed by atoms with E-state index in [1.165, 1.54) is 7.11 Å². The Balaban J connectivity index is 1.83. The van der Waals surface area contributed by atoms with Gasteiger partial charge in [-0.2, -0.15) is 4.68 Å². The van der Waals surface area contributed by atoms with Gasteiger partial charge in [-0.15, -0.1) is 0 Å². The first kappa shape index (κ1) is 22.1. The number of fused-ring (bicyclic) bond motifs is 1. The lowest BCUT2D eigenvalue weighted by Crippen LogP contribution is -2.31. The lowest BCUT2D eigenvalue weighted by molar-refractivity contribution is -0.113. The molecule has 1 aliphatic heterocycles. The molecule has 2 heterocycles. The van der Waals surface area contributed by atoms with Crippen LogP contribution in [0.5, 0.6) is 17.2 Å². The molecule has 10 nitrogen and oxygen atoms in total. The molecule has 0 saturated carbocycles. The topological polar surface area (TPSA) is 112 Å². The zero-order valence-electron chi connectivity index (χ0n) is 19.4. The molecule has 1 aromatic heterocycles. The van der Waals surface area contributed by atoms with Crippen LogP contribution in [0.25, 0.3) is 0 Å². The molecule has 0 saturated heterocycles. The first-order chi connectivity index (χ1) is 15.9. The number of benzene rings is 2. The fraction of sp³-hybridized carbons (Fsp3) is 0.304. The normalized spacial score (nSPS) is 14.9. The van der Waals surface area contributed by atoms with Gasteiger partial charge in [0.25, 0.3) is 5.91 Å². The van der Waals surface area contributed by atoms with Crippen molar-refractivity contribution in [3.8, 4) is 17.2 Å². The first-order valence-corrected chi connectivity index (χ1v) is 10.3. The minimum absolute atomic E-state index is 0.271. The summed E-state index contributed by atoms with van der Waals surface area (Å²) in [5.41, 5.74) is 4.62. The summed E-state index contributed by atoms with van der Waals surface area (Å²) in [6, 6.07) is 8.83. The number of nitrogens with zero attached hydrogens (tertiary/aromatic N) is 4. The highest BCUT2D eigenvalue weighted by atomic mass is 16.5. The Morgan fingerprint density at radius 2 is 1.73 bits per heavy atom. The van der Waals surface area contributed by atoms with Crippen molar-refractivity contribution >= 4 is 17.5 Å². The second-order valence-electron chi connectivity index (χ2n) is 7.74. The molecule has 2 N–H and O–H groups in total. The van der Waals surface area contributed by atoms with Crippen LogP contribution in [0.3, 0.4) is 0 Å². The van der Waals surface area contributed by atoms with Crippen molar-refractivity contribution < 1.29 is 19.0 Å². The molecule has 2 aromatic carbocycles. The van der Waals surface area contributed by atoms with Crippen molar-refractivity contribution in [2.75, 3.05) is 32.0 Å². The van der Waals surface area contributed by atoms with Gasteiger partial charge in [0, 0.05) is 11.4 Å². The number of aromatic nitrogens is 4. The summed E-state index contributed by atoms with van der Waals surface area (Å²) in [5, 5.41) is 18.1. The average Bonchev–Trinajstić information content (AvgIpc) is 3.26. The van der Waals surface area contributed by atoms with E-state index in [-0.39, 0.29) is 5.91 Å². The third-order valence-corrected chi connectivity index (χ3v) is 5.59. The Labute approximate surface area is 191 Å². The second kappa shape index (κ2) is 8.81. The monoisotopic (exact) mass is 450 g/mol. The van der Waals surface area contributed by atoms with E-state index >= 15 is 0 Å². The molecule has 0 unspecified atom stereocenters. The first-order valence-electron chi connectivity index (χ1n) is 10.3. The Kier molecular flexibility index (Phi) is 5.91. The van der Waals surface area contributed by atoms with E-state index in [0.717, 1.165) is 16.8 Å². The highest BCUT2D eigenvalue weighted by Gasteiger charge is 2.35. The van der Waals surface area contributed by atoms with E-state index in [0.29, 0.717) is 40.0 Å². The lowest BCUT2D eigenvalue weighted by Gasteiger charge is -2.29. The summed E-state index contributed by atoms with van der Waals surface area (Å²) >= 11 is 0. The minimum atomic E-state index is -0.629. The van der Waals surface area contributed by atoms with E-state index in [1.807, 2.05) is 39.0 Å². The second-order valence-corrected chi connectivity index (χ2v) is 7.74. The molecule has 1 atom stereocenters. The number of methoxy groups -OCH3 is 3. The Hall–Kier alpha value is -4.08. The maximum atomic E-state index is 13.6. The molecule has 0 fully saturated rings. The van der Waals surface area contributed by atoms with Gasteiger partial charge in [-0.3, -0.25) is 4.79 Å². The van der Waals surface area contributed by atoms with Gasteiger partial charge in [-0.25, -0.2) is 0 Å². The quantitative estimate of drug-likeness (QED) is 0.589. The van der Waals surface area contributed by atoms with E-state index in [4.69, 9.17) is 14.2 Å². The number of hydrogen-bond acceptors (Lipinski definition) is 8. The van der Waals surface area contributed by atoms with Crippen molar-refractivity contribution in [2.24, 2.45) is 0 Å². The van der Waals surface area contributed by atoms with Gasteiger partial charge < -0.3 is 24.8 Å². The molecule has 172 valence electrons. The van der Waals surface area contributed by atoms with E-state index in [1.54, 1.807) is 31.0 Å². The summed E-state index contributed by atoms with van der Waals surface area (Å²) in [4.78, 5) is 13.6. The SMILES string of the molecule is COc1cc([C@H]2C(C(=O)Nc3ccc(C)cc3C)=C(C)Nc3nnnn32)cc(OC)c1OC. The van der Waals surface area contributed by atoms with Crippen LogP contribution in [0.15, 0.2) is 41.6 Å². The van der Waals surface area contributed by atoms with Gasteiger partial charge >= 0.3 is 0 Å². The van der Waals surface area contributed by atoms with Gasteiger partial charge in [-0.1, -0.05) is 22.8 Å². The van der Waals surface area contributed by atoms with Crippen molar-refractivity contribution in [1.29, 1.82) is 0 Å². The molecule has 1 amide bonds. The lowest BCUT2D eigenvalue weighted by atomic mass is 9.94. The Bertz CT molecular complexity index is 1220. The van der Waals surface area contributed by atoms with E-state index < -0.39 is 6.04 Å². The van der Waals surface area contributed by atoms with Crippen LogP contribution in [0.2, 0.25) is 0 Å². The highest BCUT2D eigenvalue weighted by molar-refractivity contribution is 6.06. The molecule has 33 heavy (non-hydrogen) atoms. The van der Waals surface area contributed by atoms with Gasteiger partial charge in [0.2, 0.25) is 11.7 Å². The molecule has 10 heteroatoms. The predicted molar refractivity (Wildman–Crippen MR) is 123 cm³/mol. The fourth-order valence-electron chi connectivity index (χ4n) is 4.02. The molecule has 0 radical (unpaired) electrons. The molecule has 3 aromatic rings. The number of carbonyl (C=O) groups excluding carboxylic acids is 1. The van der Waals surface area contributed by atoms with Crippen LogP contribution in [0, 0.1) is 13.8 Å². The number of nitrogens with one attached hydrogen (secondary N) is 2. The molecular formula is C23H26N6O4. The number of allylic oxidation sites excluding steroid dienone is 1. The number of tetrazole rings is 1. The third kappa shape index (κ3) is 3.95. The van der Waals surface area contributed by atoms with Crippen LogP contribution in [-0.2, 0) is 4.79 Å². The molecule has 4 rings (SSSR count). The van der Waals surface area contributed by atoms with E-state index in [9.17, 15) is 4.79 Å². The fourth-order valence-corrected chi connectivity index (χ4v) is 4.02. The average molecular weight is 450 g/mol. The van der Waals surface area contributed by atoms with Crippen molar-refractivity contribution in [3.63, 3.8) is 0 Å². The van der Waals surface area contributed by atoms with Gasteiger partial charge in [0.15, 0.2) is 11.5 Å². The zero-order chi connectivity index (χ0) is 23.7. The number of carbonyl (C=O) groups is 1. The minimum Gasteiger partial charge on any atom is -0.493 e. The summed E-state index contributed by atoms with van der Waals surface area (Å²) in [6.07, 6.45) is 0. The number of hydrogen-bond donors (Lipinski definition) is 2. The highest BCUT2D eigenvalue weighted by Crippen LogP contribution is 2.43. The van der Waals surface area contributed by atoms with Crippen LogP contribution >= 0.6 is 0 Å². The van der Waals surface area contributed by atoms with Crippen LogP contribution in [-0.4, -0.2) is 47.4 Å². The Morgan fingerprint density at radius 1 is 1.03 bits per heavy atom. The van der Waals surface area contributed by atoms with Crippen molar-refractivity contribution in [3.05, 3.63) is 58.3 Å². The largest absolute Gasteiger partial charge is 0.493 e. The molecule has 0 bridgehead atoms. The van der Waals surface area contributed by atoms with Gasteiger partial charge in [0.1, 0.15) is 6.04 Å². The maximum absolute atomic E-state index is 13.6. The van der Waals surface area contributed by atoms with Crippen LogP contribution in [0.4, 0.5) is 11.6 Å². The summed E-state index contributed by atoms with van der Waals surface area (Å²) in [6.45, 7) is 5.79. The zero-order valence-corrected chi connectivity index (χ0v) is 19.4. The van der Waals surface area contributed by atoms with Gasteiger partial charge in [-0.05, 0) is 60.5 Å². The third-order valence-electron chi connectivity index (χ3n) is 5.59. The maximum Gasteiger partial charge on any atom is 0.255 e. The van der Waals surface area contributed by atoms with Crippen molar-refractivity contribution in [2.45, 2.75) is 26.8 Å². The predicted octanol–water partition coefficient (Wildman–Crippen LogP) is 3.24. The molecule has 1 aliphatic rings. The van der Waals surface area contributed by atoms with E-state index in [2.05, 4.69) is 26.2 Å². The molecule has 0 aliphatic carbocycles. The summed E-state index contributed by atoms with van der Waals surface area (Å²) < 4.78 is 18.1. The number of rotatable bonds is 6. The molecule has 0 spiro atoms. The summed E-state index contributed by atoms with van der Waals surface area (Å²) in [5.74, 6) is 1.54. The van der Waals surface area contributed by atoms with Gasteiger partial charge in [0.05, 0.1) is 26.9 Å². The Morgan fingerprint density at radius 3 is 2.33 bits per heavy atom. The van der Waals surface area contributed by atoms with Crippen molar-refractivity contribution in [1.82, 2.24) is 20.2 Å². The number of ether oxygens (including phenoxy) is 3. The standard InChI is InChI=1S/C23H26N6O4/c1-12-7-8-16(13(2)9-12)25-22(30)19-14(3)24-23-26-27-28-29(23)20(19)15-10-17(31-4)21(33-6)18(11-15)32-5/h7-11,20H,1-6H3,(H,25,30)(H,24,26,28)/t20-/m0/s1. The smallest absolute Gasteiger partial charge is 0.255 e.